The lowest BCUT2D eigenvalue weighted by molar-refractivity contribution is -0.130. The fourth-order valence-corrected chi connectivity index (χ4v) is 5.34. The predicted octanol–water partition coefficient (Wildman–Crippen LogP) is 4.89. The molecule has 3 aromatic rings. The van der Waals surface area contributed by atoms with Crippen molar-refractivity contribution in [2.24, 2.45) is 0 Å². The molecule has 0 aliphatic rings. The number of carbonyl (C=O) groups excluding carboxylic acids is 1. The number of likely N-dealkylation sites (N-methyl/N-ethyl adjacent to an activating group) is 1. The van der Waals surface area contributed by atoms with Gasteiger partial charge in [-0.05, 0) is 35.7 Å². The van der Waals surface area contributed by atoms with Gasteiger partial charge in [-0.15, -0.1) is 0 Å². The highest BCUT2D eigenvalue weighted by atomic mass is 35.5. The first-order valence-electron chi connectivity index (χ1n) is 10.0. The van der Waals surface area contributed by atoms with Gasteiger partial charge in [0.2, 0.25) is 15.9 Å². The van der Waals surface area contributed by atoms with Crippen LogP contribution in [0.15, 0.2) is 83.8 Å². The van der Waals surface area contributed by atoms with Crippen LogP contribution in [0.25, 0.3) is 0 Å². The van der Waals surface area contributed by atoms with Gasteiger partial charge < -0.3 is 4.90 Å². The molecule has 0 heterocycles. The van der Waals surface area contributed by atoms with E-state index in [-0.39, 0.29) is 33.9 Å². The summed E-state index contributed by atoms with van der Waals surface area (Å²) in [7, 11) is -2.40. The molecule has 168 valence electrons. The Kier molecular flexibility index (Phi) is 8.32. The minimum Gasteiger partial charge on any atom is -0.340 e. The van der Waals surface area contributed by atoms with Crippen LogP contribution in [0.2, 0.25) is 10.0 Å². The van der Waals surface area contributed by atoms with Crippen molar-refractivity contribution in [2.45, 2.75) is 17.9 Å². The summed E-state index contributed by atoms with van der Waals surface area (Å²) in [5.41, 5.74) is 1.93. The molecule has 0 bridgehead atoms. The van der Waals surface area contributed by atoms with Crippen LogP contribution in [0.1, 0.15) is 11.1 Å². The molecular formula is C24H24Cl2N2O3S. The summed E-state index contributed by atoms with van der Waals surface area (Å²) in [4.78, 5) is 14.4. The number of hydrogen-bond acceptors (Lipinski definition) is 3. The van der Waals surface area contributed by atoms with Gasteiger partial charge in [-0.3, -0.25) is 4.79 Å². The molecule has 1 amide bonds. The monoisotopic (exact) mass is 490 g/mol. The molecule has 0 atom stereocenters. The lowest BCUT2D eigenvalue weighted by Gasteiger charge is -2.25. The smallest absolute Gasteiger partial charge is 0.245 e. The van der Waals surface area contributed by atoms with E-state index < -0.39 is 10.0 Å². The average molecular weight is 491 g/mol. The highest BCUT2D eigenvalue weighted by Gasteiger charge is 2.29. The van der Waals surface area contributed by atoms with Crippen molar-refractivity contribution in [3.63, 3.8) is 0 Å². The van der Waals surface area contributed by atoms with Crippen LogP contribution < -0.4 is 0 Å². The van der Waals surface area contributed by atoms with Crippen LogP contribution in [0.3, 0.4) is 0 Å². The minimum atomic E-state index is -4.06. The first-order chi connectivity index (χ1) is 15.3. The van der Waals surface area contributed by atoms with Crippen LogP contribution in [-0.4, -0.2) is 43.7 Å². The Labute approximate surface area is 199 Å². The normalized spacial score (nSPS) is 11.5. The van der Waals surface area contributed by atoms with E-state index in [0.29, 0.717) is 13.0 Å². The summed E-state index contributed by atoms with van der Waals surface area (Å²) in [6.07, 6.45) is 0.452. The zero-order valence-corrected chi connectivity index (χ0v) is 19.9. The summed E-state index contributed by atoms with van der Waals surface area (Å²) < 4.78 is 28.1. The van der Waals surface area contributed by atoms with E-state index in [4.69, 9.17) is 23.2 Å². The first-order valence-corrected chi connectivity index (χ1v) is 12.2. The van der Waals surface area contributed by atoms with Crippen molar-refractivity contribution in [2.75, 3.05) is 20.1 Å². The van der Waals surface area contributed by atoms with E-state index in [1.54, 1.807) is 7.05 Å². The summed E-state index contributed by atoms with van der Waals surface area (Å²) in [5.74, 6) is -0.316. The number of carbonyl (C=O) groups is 1. The molecule has 3 aromatic carbocycles. The third kappa shape index (κ3) is 6.33. The van der Waals surface area contributed by atoms with Crippen LogP contribution in [0.4, 0.5) is 0 Å². The Morgan fingerprint density at radius 1 is 0.875 bits per heavy atom. The first kappa shape index (κ1) is 24.3. The number of benzene rings is 3. The molecular weight excluding hydrogens is 467 g/mol. The molecule has 0 saturated heterocycles. The molecule has 0 fully saturated rings. The van der Waals surface area contributed by atoms with Crippen molar-refractivity contribution in [3.8, 4) is 0 Å². The van der Waals surface area contributed by atoms with Gasteiger partial charge in [0.25, 0.3) is 0 Å². The highest BCUT2D eigenvalue weighted by molar-refractivity contribution is 7.89. The van der Waals surface area contributed by atoms with E-state index >= 15 is 0 Å². The molecule has 0 N–H and O–H groups in total. The third-order valence-corrected chi connectivity index (χ3v) is 7.57. The maximum Gasteiger partial charge on any atom is 0.245 e. The summed E-state index contributed by atoms with van der Waals surface area (Å²) >= 11 is 12.2. The van der Waals surface area contributed by atoms with E-state index in [0.717, 1.165) is 11.1 Å². The van der Waals surface area contributed by atoms with Gasteiger partial charge in [0.15, 0.2) is 0 Å². The third-order valence-electron chi connectivity index (χ3n) is 5.00. The summed E-state index contributed by atoms with van der Waals surface area (Å²) in [6.45, 7) is 0.200. The Balaban J connectivity index is 1.84. The molecule has 0 aliphatic carbocycles. The number of hydrogen-bond donors (Lipinski definition) is 0. The SMILES string of the molecule is CN(Cc1ccccc1)C(=O)CN(CCc1ccccc1)S(=O)(=O)c1cc(Cl)ccc1Cl. The minimum absolute atomic E-state index is 0.0594. The van der Waals surface area contributed by atoms with Gasteiger partial charge in [0.05, 0.1) is 11.6 Å². The van der Waals surface area contributed by atoms with Gasteiger partial charge in [-0.2, -0.15) is 4.31 Å². The van der Waals surface area contributed by atoms with Crippen molar-refractivity contribution in [1.29, 1.82) is 0 Å². The largest absolute Gasteiger partial charge is 0.340 e. The summed E-state index contributed by atoms with van der Waals surface area (Å²) in [6, 6.07) is 23.3. The highest BCUT2D eigenvalue weighted by Crippen LogP contribution is 2.28. The number of nitrogens with zero attached hydrogens (tertiary/aromatic N) is 2. The molecule has 0 spiro atoms. The zero-order chi connectivity index (χ0) is 23.1. The maximum absolute atomic E-state index is 13.5. The van der Waals surface area contributed by atoms with Crippen molar-refractivity contribution in [1.82, 2.24) is 9.21 Å². The fourth-order valence-electron chi connectivity index (χ4n) is 3.21. The lowest BCUT2D eigenvalue weighted by atomic mass is 10.1. The number of sulfonamides is 1. The second-order valence-electron chi connectivity index (χ2n) is 7.38. The van der Waals surface area contributed by atoms with Crippen molar-refractivity contribution in [3.05, 3.63) is 100 Å². The molecule has 0 aromatic heterocycles. The Morgan fingerprint density at radius 2 is 1.47 bits per heavy atom. The molecule has 0 unspecified atom stereocenters. The molecule has 0 aliphatic heterocycles. The van der Waals surface area contributed by atoms with Crippen molar-refractivity contribution >= 4 is 39.1 Å². The maximum atomic E-state index is 13.5. The van der Waals surface area contributed by atoms with Gasteiger partial charge in [0.1, 0.15) is 4.90 Å². The summed E-state index contributed by atoms with van der Waals surface area (Å²) in [5, 5.41) is 0.313. The van der Waals surface area contributed by atoms with Crippen LogP contribution in [-0.2, 0) is 27.8 Å². The topological polar surface area (TPSA) is 57.7 Å². The second kappa shape index (κ2) is 11.0. The van der Waals surface area contributed by atoms with E-state index in [2.05, 4.69) is 0 Å². The molecule has 0 saturated carbocycles. The molecule has 0 radical (unpaired) electrons. The fraction of sp³-hybridized carbons (Fsp3) is 0.208. The van der Waals surface area contributed by atoms with Crippen LogP contribution in [0.5, 0.6) is 0 Å². The molecule has 8 heteroatoms. The van der Waals surface area contributed by atoms with Gasteiger partial charge >= 0.3 is 0 Å². The van der Waals surface area contributed by atoms with E-state index in [1.165, 1.54) is 27.4 Å². The average Bonchev–Trinajstić information content (AvgIpc) is 2.79. The molecule has 3 rings (SSSR count). The van der Waals surface area contributed by atoms with E-state index in [9.17, 15) is 13.2 Å². The zero-order valence-electron chi connectivity index (χ0n) is 17.6. The number of amides is 1. The van der Waals surface area contributed by atoms with Crippen molar-refractivity contribution < 1.29 is 13.2 Å². The second-order valence-corrected chi connectivity index (χ2v) is 10.1. The van der Waals surface area contributed by atoms with Gasteiger partial charge in [-0.25, -0.2) is 8.42 Å². The molecule has 5 nitrogen and oxygen atoms in total. The Morgan fingerprint density at radius 3 is 2.09 bits per heavy atom. The van der Waals surface area contributed by atoms with Gasteiger partial charge in [0, 0.05) is 25.2 Å². The predicted molar refractivity (Wildman–Crippen MR) is 128 cm³/mol. The lowest BCUT2D eigenvalue weighted by Crippen LogP contribution is -2.42. The number of rotatable bonds is 9. The van der Waals surface area contributed by atoms with E-state index in [1.807, 2.05) is 60.7 Å². The van der Waals surface area contributed by atoms with Crippen LogP contribution >= 0.6 is 23.2 Å². The quantitative estimate of drug-likeness (QED) is 0.429. The molecule has 32 heavy (non-hydrogen) atoms. The Bertz CT molecular complexity index is 1160. The van der Waals surface area contributed by atoms with Crippen LogP contribution in [0, 0.1) is 0 Å². The Hall–Kier alpha value is -2.38. The number of halogens is 2. The van der Waals surface area contributed by atoms with Gasteiger partial charge in [-0.1, -0.05) is 83.9 Å². The standard InChI is InChI=1S/C24H24Cl2N2O3S/c1-27(17-20-10-6-3-7-11-20)24(29)18-28(15-14-19-8-4-2-5-9-19)32(30,31)23-16-21(25)12-13-22(23)26/h2-13,16H,14-15,17-18H2,1H3.